The molecule has 0 aliphatic rings. The molecule has 1 aromatic carbocycles. The van der Waals surface area contributed by atoms with Crippen LogP contribution in [-0.2, 0) is 0 Å². The Balaban J connectivity index is 1.81. The lowest BCUT2D eigenvalue weighted by Gasteiger charge is -1.97. The molecule has 1 N–H and O–H groups in total. The predicted octanol–water partition coefficient (Wildman–Crippen LogP) is 5.05. The minimum absolute atomic E-state index is 0.317. The van der Waals surface area contributed by atoms with Crippen molar-refractivity contribution in [3.05, 3.63) is 18.2 Å². The number of thioether (sulfide) groups is 1. The van der Waals surface area contributed by atoms with Crippen LogP contribution >= 0.6 is 39.0 Å². The molecular formula is C13H16BrNOS2. The van der Waals surface area contributed by atoms with Crippen LogP contribution in [0.4, 0.5) is 0 Å². The number of phenols is 1. The molecule has 98 valence electrons. The van der Waals surface area contributed by atoms with Crippen LogP contribution in [0.5, 0.6) is 5.75 Å². The van der Waals surface area contributed by atoms with Crippen molar-refractivity contribution in [2.24, 2.45) is 0 Å². The van der Waals surface area contributed by atoms with Crippen LogP contribution in [0.1, 0.15) is 25.7 Å². The van der Waals surface area contributed by atoms with E-state index in [2.05, 4.69) is 20.9 Å². The van der Waals surface area contributed by atoms with Crippen molar-refractivity contribution in [2.75, 3.05) is 11.1 Å². The highest BCUT2D eigenvalue weighted by Gasteiger charge is 2.04. The fraction of sp³-hybridized carbons (Fsp3) is 0.462. The predicted molar refractivity (Wildman–Crippen MR) is 84.3 cm³/mol. The number of unbranched alkanes of at least 4 members (excludes halogenated alkanes) is 3. The second-order valence-electron chi connectivity index (χ2n) is 4.08. The van der Waals surface area contributed by atoms with Gasteiger partial charge in [-0.3, -0.25) is 0 Å². The zero-order valence-corrected chi connectivity index (χ0v) is 13.3. The molecule has 0 radical (unpaired) electrons. The van der Waals surface area contributed by atoms with Crippen molar-refractivity contribution in [3.8, 4) is 5.75 Å². The summed E-state index contributed by atoms with van der Waals surface area (Å²) in [7, 11) is 0. The van der Waals surface area contributed by atoms with Gasteiger partial charge in [-0.15, -0.1) is 11.3 Å². The molecule has 2 nitrogen and oxygen atoms in total. The van der Waals surface area contributed by atoms with Crippen LogP contribution in [0.15, 0.2) is 22.5 Å². The number of hydrogen-bond donors (Lipinski definition) is 1. The Hall–Kier alpha value is -0.260. The zero-order valence-electron chi connectivity index (χ0n) is 10.1. The summed E-state index contributed by atoms with van der Waals surface area (Å²) in [6, 6.07) is 5.35. The molecule has 0 atom stereocenters. The molecular weight excluding hydrogens is 330 g/mol. The molecule has 1 heterocycles. The first-order valence-corrected chi connectivity index (χ1v) is 9.00. The topological polar surface area (TPSA) is 33.1 Å². The first-order chi connectivity index (χ1) is 8.79. The molecule has 0 spiro atoms. The van der Waals surface area contributed by atoms with E-state index in [4.69, 9.17) is 0 Å². The van der Waals surface area contributed by atoms with Gasteiger partial charge in [0.25, 0.3) is 0 Å². The van der Waals surface area contributed by atoms with Crippen LogP contribution in [0.3, 0.4) is 0 Å². The van der Waals surface area contributed by atoms with E-state index in [9.17, 15) is 5.11 Å². The van der Waals surface area contributed by atoms with Gasteiger partial charge in [0.1, 0.15) is 5.75 Å². The van der Waals surface area contributed by atoms with E-state index >= 15 is 0 Å². The number of aromatic hydroxyl groups is 1. The summed E-state index contributed by atoms with van der Waals surface area (Å²) >= 11 is 6.93. The first-order valence-electron chi connectivity index (χ1n) is 6.08. The zero-order chi connectivity index (χ0) is 12.8. The summed E-state index contributed by atoms with van der Waals surface area (Å²) in [6.45, 7) is 0. The van der Waals surface area contributed by atoms with Crippen molar-refractivity contribution in [3.63, 3.8) is 0 Å². The maximum Gasteiger partial charge on any atom is 0.151 e. The van der Waals surface area contributed by atoms with Crippen molar-refractivity contribution < 1.29 is 5.11 Å². The number of nitrogens with zero attached hydrogens (tertiary/aromatic N) is 1. The van der Waals surface area contributed by atoms with Gasteiger partial charge in [0.05, 0.1) is 10.2 Å². The summed E-state index contributed by atoms with van der Waals surface area (Å²) in [6.07, 6.45) is 5.12. The molecule has 0 fully saturated rings. The largest absolute Gasteiger partial charge is 0.508 e. The highest BCUT2D eigenvalue weighted by Crippen LogP contribution is 2.31. The summed E-state index contributed by atoms with van der Waals surface area (Å²) in [5.41, 5.74) is 0.986. The number of hydrogen-bond acceptors (Lipinski definition) is 4. The number of phenolic OH excluding ortho intramolecular Hbond substituents is 1. The van der Waals surface area contributed by atoms with Gasteiger partial charge in [-0.2, -0.15) is 0 Å². The Kier molecular flexibility index (Phi) is 5.79. The number of halogens is 1. The molecule has 0 saturated heterocycles. The first kappa shape index (κ1) is 14.2. The molecule has 0 bridgehead atoms. The third-order valence-corrected chi connectivity index (χ3v) is 5.41. The normalized spacial score (nSPS) is 11.2. The number of alkyl halides is 1. The molecule has 0 saturated carbocycles. The molecule has 2 aromatic rings. The number of aromatic nitrogens is 1. The van der Waals surface area contributed by atoms with E-state index in [-0.39, 0.29) is 0 Å². The van der Waals surface area contributed by atoms with Crippen molar-refractivity contribution >= 4 is 49.2 Å². The van der Waals surface area contributed by atoms with Crippen LogP contribution in [-0.4, -0.2) is 21.2 Å². The molecule has 18 heavy (non-hydrogen) atoms. The SMILES string of the molecule is Oc1ccc2nc(SCCCCCCBr)sc2c1. The van der Waals surface area contributed by atoms with Gasteiger partial charge in [-0.05, 0) is 31.0 Å². The van der Waals surface area contributed by atoms with Crippen LogP contribution in [0, 0.1) is 0 Å². The minimum Gasteiger partial charge on any atom is -0.508 e. The molecule has 5 heteroatoms. The summed E-state index contributed by atoms with van der Waals surface area (Å²) < 4.78 is 2.17. The minimum atomic E-state index is 0.317. The van der Waals surface area contributed by atoms with Crippen molar-refractivity contribution in [1.82, 2.24) is 4.98 Å². The van der Waals surface area contributed by atoms with Gasteiger partial charge in [0.2, 0.25) is 0 Å². The molecule has 0 aliphatic carbocycles. The average molecular weight is 346 g/mol. The molecule has 2 rings (SSSR count). The third kappa shape index (κ3) is 4.14. The summed E-state index contributed by atoms with van der Waals surface area (Å²) in [5.74, 6) is 1.45. The van der Waals surface area contributed by atoms with E-state index in [0.29, 0.717) is 5.75 Å². The highest BCUT2D eigenvalue weighted by atomic mass is 79.9. The van der Waals surface area contributed by atoms with E-state index in [0.717, 1.165) is 25.6 Å². The molecule has 0 amide bonds. The fourth-order valence-corrected chi connectivity index (χ4v) is 4.23. The average Bonchev–Trinajstić information content (AvgIpc) is 2.75. The van der Waals surface area contributed by atoms with E-state index in [1.54, 1.807) is 23.5 Å². The van der Waals surface area contributed by atoms with E-state index < -0.39 is 0 Å². The fourth-order valence-electron chi connectivity index (χ4n) is 1.66. The number of rotatable bonds is 7. The maximum absolute atomic E-state index is 9.40. The second kappa shape index (κ2) is 7.36. The monoisotopic (exact) mass is 345 g/mol. The lowest BCUT2D eigenvalue weighted by molar-refractivity contribution is 0.476. The Morgan fingerprint density at radius 2 is 2.06 bits per heavy atom. The smallest absolute Gasteiger partial charge is 0.151 e. The quantitative estimate of drug-likeness (QED) is 0.433. The van der Waals surface area contributed by atoms with Gasteiger partial charge >= 0.3 is 0 Å². The highest BCUT2D eigenvalue weighted by molar-refractivity contribution is 9.09. The van der Waals surface area contributed by atoms with Gasteiger partial charge in [0, 0.05) is 11.1 Å². The van der Waals surface area contributed by atoms with Crippen molar-refractivity contribution in [2.45, 2.75) is 30.0 Å². The van der Waals surface area contributed by atoms with E-state index in [1.807, 2.05) is 17.8 Å². The second-order valence-corrected chi connectivity index (χ2v) is 7.25. The lowest BCUT2D eigenvalue weighted by Crippen LogP contribution is -1.82. The third-order valence-electron chi connectivity index (χ3n) is 2.61. The number of benzene rings is 1. The van der Waals surface area contributed by atoms with Gasteiger partial charge in [0.15, 0.2) is 4.34 Å². The summed E-state index contributed by atoms with van der Waals surface area (Å²) in [5, 5.41) is 10.5. The Morgan fingerprint density at radius 3 is 2.89 bits per heavy atom. The van der Waals surface area contributed by atoms with Crippen molar-refractivity contribution in [1.29, 1.82) is 0 Å². The standard InChI is InChI=1S/C13H16BrNOS2/c14-7-3-1-2-4-8-17-13-15-11-6-5-10(16)9-12(11)18-13/h5-6,9,16H,1-4,7-8H2. The molecule has 0 aliphatic heterocycles. The number of thiazole rings is 1. The summed E-state index contributed by atoms with van der Waals surface area (Å²) in [4.78, 5) is 4.55. The maximum atomic E-state index is 9.40. The lowest BCUT2D eigenvalue weighted by atomic mass is 10.2. The van der Waals surface area contributed by atoms with Crippen LogP contribution in [0.25, 0.3) is 10.2 Å². The Bertz CT molecular complexity index is 501. The van der Waals surface area contributed by atoms with Gasteiger partial charge < -0.3 is 5.11 Å². The van der Waals surface area contributed by atoms with Gasteiger partial charge in [-0.25, -0.2) is 4.98 Å². The van der Waals surface area contributed by atoms with Crippen LogP contribution in [0.2, 0.25) is 0 Å². The Labute approximate surface area is 124 Å². The molecule has 0 unspecified atom stereocenters. The Morgan fingerprint density at radius 1 is 1.22 bits per heavy atom. The molecule has 1 aromatic heterocycles. The van der Waals surface area contributed by atoms with E-state index in [1.165, 1.54) is 25.7 Å². The number of fused-ring (bicyclic) bond motifs is 1. The van der Waals surface area contributed by atoms with Crippen LogP contribution < -0.4 is 0 Å². The van der Waals surface area contributed by atoms with Gasteiger partial charge in [-0.1, -0.05) is 40.5 Å².